The molecule has 0 saturated carbocycles. The zero-order valence-electron chi connectivity index (χ0n) is 8.41. The van der Waals surface area contributed by atoms with Crippen LogP contribution in [0.5, 0.6) is 0 Å². The van der Waals surface area contributed by atoms with E-state index >= 15 is 0 Å². The van der Waals surface area contributed by atoms with Crippen LogP contribution in [0.25, 0.3) is 0 Å². The second-order valence-corrected chi connectivity index (χ2v) is 2.97. The molecule has 0 radical (unpaired) electrons. The van der Waals surface area contributed by atoms with Crippen LogP contribution in [-0.4, -0.2) is 31.2 Å². The van der Waals surface area contributed by atoms with E-state index in [9.17, 15) is 4.79 Å². The first kappa shape index (κ1) is 10.7. The monoisotopic (exact) mass is 194 g/mol. The molecule has 4 nitrogen and oxygen atoms in total. The lowest BCUT2D eigenvalue weighted by Crippen LogP contribution is -2.27. The van der Waals surface area contributed by atoms with Gasteiger partial charge in [0, 0.05) is 19.9 Å². The zero-order chi connectivity index (χ0) is 10.4. The molecule has 4 heteroatoms. The van der Waals surface area contributed by atoms with Gasteiger partial charge in [-0.3, -0.25) is 9.78 Å². The number of rotatable bonds is 4. The molecule has 0 bridgehead atoms. The van der Waals surface area contributed by atoms with Gasteiger partial charge in [0.15, 0.2) is 0 Å². The van der Waals surface area contributed by atoms with Gasteiger partial charge in [0.2, 0.25) is 0 Å². The van der Waals surface area contributed by atoms with Crippen molar-refractivity contribution in [2.45, 2.75) is 6.92 Å². The Hall–Kier alpha value is -1.42. The highest BCUT2D eigenvalue weighted by molar-refractivity contribution is 5.92. The molecule has 1 aromatic rings. The van der Waals surface area contributed by atoms with Gasteiger partial charge >= 0.3 is 0 Å². The number of aryl methyl sites for hydroxylation is 1. The minimum atomic E-state index is -0.161. The van der Waals surface area contributed by atoms with Gasteiger partial charge in [0.1, 0.15) is 5.69 Å². The number of carbonyl (C=O) groups excluding carboxylic acids is 1. The van der Waals surface area contributed by atoms with Gasteiger partial charge in [-0.2, -0.15) is 0 Å². The van der Waals surface area contributed by atoms with Crippen LogP contribution in [0.4, 0.5) is 0 Å². The third-order valence-electron chi connectivity index (χ3n) is 1.74. The number of nitrogens with one attached hydrogen (secondary N) is 1. The van der Waals surface area contributed by atoms with Crippen LogP contribution in [0.2, 0.25) is 0 Å². The standard InChI is InChI=1S/C10H14N2O2/c1-8-3-4-11-9(7-8)10(13)12-5-6-14-2/h3-4,7H,5-6H2,1-2H3,(H,12,13). The number of amides is 1. The molecule has 1 heterocycles. The summed E-state index contributed by atoms with van der Waals surface area (Å²) in [4.78, 5) is 15.4. The van der Waals surface area contributed by atoms with Crippen molar-refractivity contribution in [1.82, 2.24) is 10.3 Å². The molecule has 0 saturated heterocycles. The number of carbonyl (C=O) groups is 1. The Kier molecular flexibility index (Phi) is 4.07. The third kappa shape index (κ3) is 3.14. The van der Waals surface area contributed by atoms with Crippen molar-refractivity contribution in [2.75, 3.05) is 20.3 Å². The topological polar surface area (TPSA) is 51.2 Å². The van der Waals surface area contributed by atoms with E-state index in [1.807, 2.05) is 13.0 Å². The van der Waals surface area contributed by atoms with Gasteiger partial charge in [-0.15, -0.1) is 0 Å². The molecule has 0 aliphatic heterocycles. The fourth-order valence-electron chi connectivity index (χ4n) is 1.02. The van der Waals surface area contributed by atoms with Gasteiger partial charge in [-0.05, 0) is 24.6 Å². The molecule has 0 aromatic carbocycles. The molecule has 1 N–H and O–H groups in total. The summed E-state index contributed by atoms with van der Waals surface area (Å²) in [6, 6.07) is 3.61. The Morgan fingerprint density at radius 2 is 2.43 bits per heavy atom. The van der Waals surface area contributed by atoms with Crippen LogP contribution >= 0.6 is 0 Å². The summed E-state index contributed by atoms with van der Waals surface area (Å²) < 4.78 is 4.82. The molecule has 0 aliphatic rings. The zero-order valence-corrected chi connectivity index (χ0v) is 8.41. The Morgan fingerprint density at radius 1 is 1.64 bits per heavy atom. The molecule has 1 rings (SSSR count). The van der Waals surface area contributed by atoms with Gasteiger partial charge in [0.05, 0.1) is 6.61 Å². The van der Waals surface area contributed by atoms with Crippen LogP contribution in [0.3, 0.4) is 0 Å². The first-order chi connectivity index (χ1) is 6.74. The lowest BCUT2D eigenvalue weighted by Gasteiger charge is -2.03. The number of pyridine rings is 1. The van der Waals surface area contributed by atoms with E-state index in [1.165, 1.54) is 0 Å². The number of hydrogen-bond donors (Lipinski definition) is 1. The van der Waals surface area contributed by atoms with Crippen molar-refractivity contribution >= 4 is 5.91 Å². The van der Waals surface area contributed by atoms with E-state index in [2.05, 4.69) is 10.3 Å². The van der Waals surface area contributed by atoms with Crippen molar-refractivity contribution in [3.05, 3.63) is 29.6 Å². The summed E-state index contributed by atoms with van der Waals surface area (Å²) >= 11 is 0. The largest absolute Gasteiger partial charge is 0.383 e. The van der Waals surface area contributed by atoms with E-state index in [0.29, 0.717) is 18.8 Å². The molecule has 0 spiro atoms. The van der Waals surface area contributed by atoms with Crippen LogP contribution in [0, 0.1) is 6.92 Å². The summed E-state index contributed by atoms with van der Waals surface area (Å²) in [5.41, 5.74) is 1.47. The summed E-state index contributed by atoms with van der Waals surface area (Å²) in [7, 11) is 1.59. The minimum Gasteiger partial charge on any atom is -0.383 e. The molecular weight excluding hydrogens is 180 g/mol. The van der Waals surface area contributed by atoms with Crippen LogP contribution in [0.15, 0.2) is 18.3 Å². The predicted octanol–water partition coefficient (Wildman–Crippen LogP) is 0.766. The Bertz CT molecular complexity index is 313. The van der Waals surface area contributed by atoms with Crippen molar-refractivity contribution in [2.24, 2.45) is 0 Å². The molecule has 1 amide bonds. The number of nitrogens with zero attached hydrogens (tertiary/aromatic N) is 1. The van der Waals surface area contributed by atoms with Crippen molar-refractivity contribution in [3.8, 4) is 0 Å². The summed E-state index contributed by atoms with van der Waals surface area (Å²) in [5.74, 6) is -0.161. The Labute approximate surface area is 83.3 Å². The predicted molar refractivity (Wildman–Crippen MR) is 53.2 cm³/mol. The maximum atomic E-state index is 11.4. The minimum absolute atomic E-state index is 0.161. The number of methoxy groups -OCH3 is 1. The number of ether oxygens (including phenoxy) is 1. The van der Waals surface area contributed by atoms with Crippen molar-refractivity contribution in [3.63, 3.8) is 0 Å². The first-order valence-corrected chi connectivity index (χ1v) is 4.44. The molecule has 76 valence electrons. The van der Waals surface area contributed by atoms with Gasteiger partial charge in [0.25, 0.3) is 5.91 Å². The van der Waals surface area contributed by atoms with E-state index in [0.717, 1.165) is 5.56 Å². The molecule has 0 atom stereocenters. The van der Waals surface area contributed by atoms with Crippen molar-refractivity contribution < 1.29 is 9.53 Å². The maximum absolute atomic E-state index is 11.4. The smallest absolute Gasteiger partial charge is 0.269 e. The van der Waals surface area contributed by atoms with E-state index < -0.39 is 0 Å². The summed E-state index contributed by atoms with van der Waals surface area (Å²) in [5, 5.41) is 2.70. The maximum Gasteiger partial charge on any atom is 0.269 e. The third-order valence-corrected chi connectivity index (χ3v) is 1.74. The average Bonchev–Trinajstić information content (AvgIpc) is 2.18. The SMILES string of the molecule is COCCNC(=O)c1cc(C)ccn1. The van der Waals surface area contributed by atoms with Crippen molar-refractivity contribution in [1.29, 1.82) is 0 Å². The van der Waals surface area contributed by atoms with Crippen LogP contribution < -0.4 is 5.32 Å². The normalized spacial score (nSPS) is 9.86. The Balaban J connectivity index is 2.52. The van der Waals surface area contributed by atoms with E-state index in [1.54, 1.807) is 19.4 Å². The van der Waals surface area contributed by atoms with Gasteiger partial charge in [-0.1, -0.05) is 0 Å². The Morgan fingerprint density at radius 3 is 3.07 bits per heavy atom. The van der Waals surface area contributed by atoms with E-state index in [-0.39, 0.29) is 5.91 Å². The molecule has 0 aliphatic carbocycles. The molecular formula is C10H14N2O2. The van der Waals surface area contributed by atoms with Crippen LogP contribution in [-0.2, 0) is 4.74 Å². The highest BCUT2D eigenvalue weighted by atomic mass is 16.5. The second-order valence-electron chi connectivity index (χ2n) is 2.97. The number of hydrogen-bond acceptors (Lipinski definition) is 3. The highest BCUT2D eigenvalue weighted by Gasteiger charge is 2.05. The fraction of sp³-hybridized carbons (Fsp3) is 0.400. The summed E-state index contributed by atoms with van der Waals surface area (Å²) in [6.45, 7) is 2.94. The molecule has 14 heavy (non-hydrogen) atoms. The molecule has 1 aromatic heterocycles. The second kappa shape index (κ2) is 5.34. The van der Waals surface area contributed by atoms with Gasteiger partial charge in [-0.25, -0.2) is 0 Å². The van der Waals surface area contributed by atoms with E-state index in [4.69, 9.17) is 4.74 Å². The lowest BCUT2D eigenvalue weighted by atomic mass is 10.2. The molecule has 0 unspecified atom stereocenters. The fourth-order valence-corrected chi connectivity index (χ4v) is 1.02. The quantitative estimate of drug-likeness (QED) is 0.720. The summed E-state index contributed by atoms with van der Waals surface area (Å²) in [6.07, 6.45) is 1.63. The number of aromatic nitrogens is 1. The average molecular weight is 194 g/mol. The van der Waals surface area contributed by atoms with Crippen LogP contribution in [0.1, 0.15) is 16.1 Å². The molecule has 0 fully saturated rings. The lowest BCUT2D eigenvalue weighted by molar-refractivity contribution is 0.0932. The highest BCUT2D eigenvalue weighted by Crippen LogP contribution is 1.99. The van der Waals surface area contributed by atoms with Gasteiger partial charge < -0.3 is 10.1 Å². The first-order valence-electron chi connectivity index (χ1n) is 4.44.